The number of rotatable bonds is 4. The molecule has 1 saturated carbocycles. The Bertz CT molecular complexity index is 424. The fourth-order valence-corrected chi connectivity index (χ4v) is 1.96. The van der Waals surface area contributed by atoms with Crippen LogP contribution in [0.1, 0.15) is 35.7 Å². The molecule has 2 rings (SSSR count). The summed E-state index contributed by atoms with van der Waals surface area (Å²) in [4.78, 5) is 14.2. The molecule has 17 heavy (non-hydrogen) atoms. The van der Waals surface area contributed by atoms with Crippen LogP contribution in [0, 0.1) is 12.8 Å². The molecule has 2 N–H and O–H groups in total. The molecule has 1 aliphatic rings. The first kappa shape index (κ1) is 12.0. The molecule has 0 unspecified atom stereocenters. The molecule has 0 aliphatic heterocycles. The second-order valence-corrected chi connectivity index (χ2v) is 4.86. The number of hydrogen-bond acceptors (Lipinski definition) is 2. The van der Waals surface area contributed by atoms with Crippen molar-refractivity contribution in [3.05, 3.63) is 29.3 Å². The van der Waals surface area contributed by atoms with Crippen molar-refractivity contribution in [2.24, 2.45) is 5.92 Å². The van der Waals surface area contributed by atoms with E-state index in [0.29, 0.717) is 0 Å². The van der Waals surface area contributed by atoms with Crippen molar-refractivity contribution in [3.8, 4) is 0 Å². The highest BCUT2D eigenvalue weighted by Crippen LogP contribution is 2.30. The number of aryl methyl sites for hydroxylation is 1. The summed E-state index contributed by atoms with van der Waals surface area (Å²) in [5.41, 5.74) is 8.23. The van der Waals surface area contributed by atoms with Crippen LogP contribution < -0.4 is 5.73 Å². The molecule has 1 amide bonds. The fourth-order valence-electron chi connectivity index (χ4n) is 1.96. The van der Waals surface area contributed by atoms with Crippen LogP contribution in [0.15, 0.2) is 18.2 Å². The first-order valence-corrected chi connectivity index (χ1v) is 6.27. The van der Waals surface area contributed by atoms with Crippen molar-refractivity contribution in [3.63, 3.8) is 0 Å². The maximum atomic E-state index is 12.3. The smallest absolute Gasteiger partial charge is 0.253 e. The zero-order valence-electron chi connectivity index (χ0n) is 10.6. The lowest BCUT2D eigenvalue weighted by Gasteiger charge is -2.21. The Morgan fingerprint density at radius 1 is 1.47 bits per heavy atom. The molecule has 0 atom stereocenters. The number of nitrogens with two attached hydrogens (primary N) is 1. The lowest BCUT2D eigenvalue weighted by Crippen LogP contribution is -2.32. The van der Waals surface area contributed by atoms with Crippen LogP contribution in [-0.2, 0) is 0 Å². The number of nitrogens with zero attached hydrogens (tertiary/aromatic N) is 1. The Balaban J connectivity index is 2.12. The third-order valence-electron chi connectivity index (χ3n) is 3.36. The predicted octanol–water partition coefficient (Wildman–Crippen LogP) is 2.45. The van der Waals surface area contributed by atoms with Gasteiger partial charge in [-0.3, -0.25) is 4.79 Å². The Hall–Kier alpha value is -1.51. The average Bonchev–Trinajstić information content (AvgIpc) is 3.12. The van der Waals surface area contributed by atoms with Gasteiger partial charge in [0.05, 0.1) is 0 Å². The van der Waals surface area contributed by atoms with E-state index in [-0.39, 0.29) is 5.91 Å². The van der Waals surface area contributed by atoms with E-state index in [1.807, 2.05) is 36.9 Å². The van der Waals surface area contributed by atoms with Gasteiger partial charge in [-0.15, -0.1) is 0 Å². The van der Waals surface area contributed by atoms with Crippen molar-refractivity contribution in [1.82, 2.24) is 4.90 Å². The Labute approximate surface area is 103 Å². The number of carbonyl (C=O) groups is 1. The number of hydrogen-bond donors (Lipinski definition) is 1. The second kappa shape index (κ2) is 4.78. The van der Waals surface area contributed by atoms with Gasteiger partial charge in [0.15, 0.2) is 0 Å². The number of nitrogen functional groups attached to an aromatic ring is 1. The molecule has 0 radical (unpaired) electrons. The molecule has 0 heterocycles. The van der Waals surface area contributed by atoms with Crippen LogP contribution in [0.4, 0.5) is 5.69 Å². The van der Waals surface area contributed by atoms with Crippen LogP contribution in [-0.4, -0.2) is 23.9 Å². The summed E-state index contributed by atoms with van der Waals surface area (Å²) in [5, 5.41) is 0. The summed E-state index contributed by atoms with van der Waals surface area (Å²) >= 11 is 0. The van der Waals surface area contributed by atoms with Gasteiger partial charge in [-0.05, 0) is 56.4 Å². The number of amides is 1. The molecule has 1 aliphatic carbocycles. The summed E-state index contributed by atoms with van der Waals surface area (Å²) in [6.07, 6.45) is 2.54. The van der Waals surface area contributed by atoms with Crippen molar-refractivity contribution in [1.29, 1.82) is 0 Å². The fraction of sp³-hybridized carbons (Fsp3) is 0.500. The molecule has 1 aromatic rings. The van der Waals surface area contributed by atoms with Gasteiger partial charge in [-0.1, -0.05) is 0 Å². The van der Waals surface area contributed by atoms with Gasteiger partial charge in [0.2, 0.25) is 0 Å². The van der Waals surface area contributed by atoms with E-state index >= 15 is 0 Å². The van der Waals surface area contributed by atoms with Gasteiger partial charge in [0, 0.05) is 24.3 Å². The lowest BCUT2D eigenvalue weighted by molar-refractivity contribution is 0.0757. The molecule has 1 fully saturated rings. The summed E-state index contributed by atoms with van der Waals surface area (Å²) in [5.74, 6) is 0.858. The summed E-state index contributed by atoms with van der Waals surface area (Å²) in [7, 11) is 0. The summed E-state index contributed by atoms with van der Waals surface area (Å²) in [6, 6.07) is 5.51. The normalized spacial score (nSPS) is 14.7. The summed E-state index contributed by atoms with van der Waals surface area (Å²) < 4.78 is 0. The molecule has 3 heteroatoms. The van der Waals surface area contributed by atoms with Crippen molar-refractivity contribution < 1.29 is 4.79 Å². The van der Waals surface area contributed by atoms with Gasteiger partial charge in [0.25, 0.3) is 5.91 Å². The molecular formula is C14H20N2O. The highest BCUT2D eigenvalue weighted by molar-refractivity contribution is 5.94. The van der Waals surface area contributed by atoms with Gasteiger partial charge in [-0.25, -0.2) is 0 Å². The number of anilines is 1. The van der Waals surface area contributed by atoms with Crippen molar-refractivity contribution in [2.75, 3.05) is 18.8 Å². The zero-order chi connectivity index (χ0) is 12.4. The Morgan fingerprint density at radius 3 is 2.71 bits per heavy atom. The first-order chi connectivity index (χ1) is 8.11. The van der Waals surface area contributed by atoms with E-state index in [9.17, 15) is 4.79 Å². The minimum Gasteiger partial charge on any atom is -0.399 e. The standard InChI is InChI=1S/C14H20N2O/c1-3-16(9-11-4-5-11)14(17)12-6-7-13(15)10(2)8-12/h6-8,11H,3-5,9,15H2,1-2H3. The third-order valence-corrected chi connectivity index (χ3v) is 3.36. The zero-order valence-corrected chi connectivity index (χ0v) is 10.6. The van der Waals surface area contributed by atoms with Crippen molar-refractivity contribution >= 4 is 11.6 Å². The molecule has 92 valence electrons. The second-order valence-electron chi connectivity index (χ2n) is 4.86. The van der Waals surface area contributed by atoms with Crippen LogP contribution in [0.25, 0.3) is 0 Å². The topological polar surface area (TPSA) is 46.3 Å². The van der Waals surface area contributed by atoms with E-state index in [0.717, 1.165) is 35.8 Å². The predicted molar refractivity (Wildman–Crippen MR) is 69.9 cm³/mol. The molecule has 0 bridgehead atoms. The molecule has 0 saturated heterocycles. The highest BCUT2D eigenvalue weighted by Gasteiger charge is 2.26. The van der Waals surface area contributed by atoms with Gasteiger partial charge < -0.3 is 10.6 Å². The van der Waals surface area contributed by atoms with Crippen molar-refractivity contribution in [2.45, 2.75) is 26.7 Å². The van der Waals surface area contributed by atoms with Gasteiger partial charge in [0.1, 0.15) is 0 Å². The average molecular weight is 232 g/mol. The third kappa shape index (κ3) is 2.78. The molecule has 1 aromatic carbocycles. The van der Waals surface area contributed by atoms with Gasteiger partial charge >= 0.3 is 0 Å². The van der Waals surface area contributed by atoms with E-state index in [2.05, 4.69) is 0 Å². The Kier molecular flexibility index (Phi) is 3.36. The molecule has 0 aromatic heterocycles. The number of carbonyl (C=O) groups excluding carboxylic acids is 1. The van der Waals surface area contributed by atoms with E-state index in [1.54, 1.807) is 0 Å². The SMILES string of the molecule is CCN(CC1CC1)C(=O)c1ccc(N)c(C)c1. The highest BCUT2D eigenvalue weighted by atomic mass is 16.2. The van der Waals surface area contributed by atoms with Crippen LogP contribution >= 0.6 is 0 Å². The lowest BCUT2D eigenvalue weighted by atomic mass is 10.1. The molecular weight excluding hydrogens is 212 g/mol. The monoisotopic (exact) mass is 232 g/mol. The first-order valence-electron chi connectivity index (χ1n) is 6.27. The van der Waals surface area contributed by atoms with E-state index < -0.39 is 0 Å². The Morgan fingerprint density at radius 2 is 2.18 bits per heavy atom. The molecule has 0 spiro atoms. The largest absolute Gasteiger partial charge is 0.399 e. The maximum Gasteiger partial charge on any atom is 0.253 e. The van der Waals surface area contributed by atoms with Crippen LogP contribution in [0.3, 0.4) is 0 Å². The van der Waals surface area contributed by atoms with Gasteiger partial charge in [-0.2, -0.15) is 0 Å². The molecule has 3 nitrogen and oxygen atoms in total. The summed E-state index contributed by atoms with van der Waals surface area (Å²) in [6.45, 7) is 5.64. The van der Waals surface area contributed by atoms with Crippen LogP contribution in [0.2, 0.25) is 0 Å². The minimum absolute atomic E-state index is 0.127. The quantitative estimate of drug-likeness (QED) is 0.810. The number of benzene rings is 1. The van der Waals surface area contributed by atoms with E-state index in [1.165, 1.54) is 12.8 Å². The minimum atomic E-state index is 0.127. The maximum absolute atomic E-state index is 12.3. The van der Waals surface area contributed by atoms with Crippen LogP contribution in [0.5, 0.6) is 0 Å². The van der Waals surface area contributed by atoms with E-state index in [4.69, 9.17) is 5.73 Å².